The first-order chi connectivity index (χ1) is 14.7. The SMILES string of the molecule is OC1CC(O)C2CC(OC3OC(O)C(O)C(O)C3O)C(C3CCC(O)C(O)C3)[OH+]C2C1. The molecular weight excluding hydrogens is 416 g/mol. The second kappa shape index (κ2) is 9.43. The van der Waals surface area contributed by atoms with Crippen LogP contribution in [0, 0.1) is 11.8 Å². The molecular formula is C20H35O11+. The summed E-state index contributed by atoms with van der Waals surface area (Å²) in [5.41, 5.74) is 0. The summed E-state index contributed by atoms with van der Waals surface area (Å²) in [5.74, 6) is -0.411. The highest BCUT2D eigenvalue weighted by Crippen LogP contribution is 2.42. The van der Waals surface area contributed by atoms with E-state index in [1.807, 2.05) is 0 Å². The van der Waals surface area contributed by atoms with Crippen molar-refractivity contribution in [3.05, 3.63) is 0 Å². The van der Waals surface area contributed by atoms with Crippen molar-refractivity contribution in [1.82, 2.24) is 0 Å². The summed E-state index contributed by atoms with van der Waals surface area (Å²) < 4.78 is 16.0. The van der Waals surface area contributed by atoms with Gasteiger partial charge in [0.25, 0.3) is 0 Å². The molecule has 0 aromatic carbocycles. The molecule has 4 rings (SSSR count). The molecule has 2 heterocycles. The number of aliphatic hydroxyl groups excluding tert-OH is 8. The smallest absolute Gasteiger partial charge is 0.189 e. The van der Waals surface area contributed by atoms with E-state index >= 15 is 0 Å². The van der Waals surface area contributed by atoms with Crippen LogP contribution in [0.4, 0.5) is 0 Å². The molecule has 11 nitrogen and oxygen atoms in total. The molecule has 4 aliphatic rings. The average Bonchev–Trinajstić information content (AvgIpc) is 2.72. The lowest BCUT2D eigenvalue weighted by Crippen LogP contribution is -2.62. The van der Waals surface area contributed by atoms with Gasteiger partial charge in [-0.25, -0.2) is 0 Å². The molecule has 4 fully saturated rings. The van der Waals surface area contributed by atoms with E-state index in [1.165, 1.54) is 0 Å². The minimum Gasteiger partial charge on any atom is -0.427 e. The Labute approximate surface area is 179 Å². The van der Waals surface area contributed by atoms with Crippen LogP contribution < -0.4 is 0 Å². The summed E-state index contributed by atoms with van der Waals surface area (Å²) in [6.45, 7) is 0. The van der Waals surface area contributed by atoms with Gasteiger partial charge in [0.15, 0.2) is 24.8 Å². The first-order valence-corrected chi connectivity index (χ1v) is 11.1. The second-order valence-corrected chi connectivity index (χ2v) is 9.55. The Morgan fingerprint density at radius 2 is 1.45 bits per heavy atom. The van der Waals surface area contributed by atoms with Gasteiger partial charge in [0.05, 0.1) is 30.3 Å². The van der Waals surface area contributed by atoms with E-state index in [0.717, 1.165) is 0 Å². The Balaban J connectivity index is 1.53. The fourth-order valence-corrected chi connectivity index (χ4v) is 5.62. The summed E-state index contributed by atoms with van der Waals surface area (Å²) in [5, 5.41) is 80.4. The summed E-state index contributed by atoms with van der Waals surface area (Å²) in [4.78, 5) is 0. The molecule has 2 saturated carbocycles. The highest BCUT2D eigenvalue weighted by molar-refractivity contribution is 4.98. The second-order valence-electron chi connectivity index (χ2n) is 9.55. The van der Waals surface area contributed by atoms with Crippen molar-refractivity contribution in [2.24, 2.45) is 11.8 Å². The van der Waals surface area contributed by atoms with E-state index in [-0.39, 0.29) is 24.4 Å². The Morgan fingerprint density at radius 1 is 0.710 bits per heavy atom. The fraction of sp³-hybridized carbons (Fsp3) is 1.00. The predicted octanol–water partition coefficient (Wildman–Crippen LogP) is -3.55. The van der Waals surface area contributed by atoms with Gasteiger partial charge in [0.1, 0.15) is 24.4 Å². The van der Waals surface area contributed by atoms with Crippen LogP contribution in [0.5, 0.6) is 0 Å². The summed E-state index contributed by atoms with van der Waals surface area (Å²) in [7, 11) is 0. The molecule has 0 aromatic heterocycles. The molecule has 14 atom stereocenters. The maximum absolute atomic E-state index is 10.5. The van der Waals surface area contributed by atoms with Crippen LogP contribution in [0.15, 0.2) is 0 Å². The molecule has 31 heavy (non-hydrogen) atoms. The molecule has 11 heteroatoms. The van der Waals surface area contributed by atoms with Crippen molar-refractivity contribution in [3.63, 3.8) is 0 Å². The molecule has 0 bridgehead atoms. The topological polar surface area (TPSA) is 193 Å². The van der Waals surface area contributed by atoms with Gasteiger partial charge >= 0.3 is 0 Å². The third-order valence-electron chi connectivity index (χ3n) is 7.42. The average molecular weight is 451 g/mol. The number of rotatable bonds is 3. The summed E-state index contributed by atoms with van der Waals surface area (Å²) in [6.07, 6.45) is -10.4. The maximum Gasteiger partial charge on any atom is 0.189 e. The number of aliphatic hydroxyl groups is 10. The van der Waals surface area contributed by atoms with Crippen LogP contribution in [0.25, 0.3) is 0 Å². The predicted molar refractivity (Wildman–Crippen MR) is 102 cm³/mol. The van der Waals surface area contributed by atoms with Gasteiger partial charge in [0.2, 0.25) is 0 Å². The maximum atomic E-state index is 10.5. The third-order valence-corrected chi connectivity index (χ3v) is 7.42. The van der Waals surface area contributed by atoms with Gasteiger partial charge in [-0.15, -0.1) is 0 Å². The summed E-state index contributed by atoms with van der Waals surface area (Å²) in [6, 6.07) is 0. The molecule has 180 valence electrons. The van der Waals surface area contributed by atoms with Crippen LogP contribution in [0.1, 0.15) is 38.5 Å². The molecule has 2 saturated heterocycles. The van der Waals surface area contributed by atoms with Crippen molar-refractivity contribution in [2.75, 3.05) is 0 Å². The van der Waals surface area contributed by atoms with E-state index in [2.05, 4.69) is 0 Å². The van der Waals surface area contributed by atoms with E-state index in [0.29, 0.717) is 32.1 Å². The Hall–Kier alpha value is -0.440. The minimum absolute atomic E-state index is 0.137. The number of ether oxygens (including phenoxy) is 3. The Morgan fingerprint density at radius 3 is 2.16 bits per heavy atom. The van der Waals surface area contributed by atoms with E-state index < -0.39 is 67.5 Å². The molecule has 0 amide bonds. The van der Waals surface area contributed by atoms with E-state index in [1.54, 1.807) is 0 Å². The van der Waals surface area contributed by atoms with Crippen LogP contribution in [-0.2, 0) is 9.47 Å². The lowest BCUT2D eigenvalue weighted by atomic mass is 9.72. The Kier molecular flexibility index (Phi) is 7.21. The number of hydrogen-bond donors (Lipinski definition) is 8. The molecule has 2 aliphatic carbocycles. The van der Waals surface area contributed by atoms with Gasteiger partial charge in [0, 0.05) is 18.8 Å². The lowest BCUT2D eigenvalue weighted by molar-refractivity contribution is -0.375. The lowest BCUT2D eigenvalue weighted by Gasteiger charge is -2.48. The zero-order chi connectivity index (χ0) is 22.4. The van der Waals surface area contributed by atoms with E-state index in [4.69, 9.17) is 14.2 Å². The summed E-state index contributed by atoms with van der Waals surface area (Å²) >= 11 is 0. The van der Waals surface area contributed by atoms with Crippen LogP contribution in [0.2, 0.25) is 0 Å². The standard InChI is InChI=1S/C20H34O11/c21-8-4-11(23)9-6-14(30-20-17(27)15(25)16(26)19(28)31-20)18(29-13(9)5-8)7-1-2-10(22)12(24)3-7/h7-28H,1-6H2/p+1. The van der Waals surface area contributed by atoms with Gasteiger partial charge in [-0.3, -0.25) is 0 Å². The minimum atomic E-state index is -1.74. The quantitative estimate of drug-likeness (QED) is 0.199. The van der Waals surface area contributed by atoms with Gasteiger partial charge in [-0.1, -0.05) is 0 Å². The number of fused-ring (bicyclic) bond motifs is 1. The van der Waals surface area contributed by atoms with Crippen LogP contribution in [-0.4, -0.2) is 119 Å². The molecule has 0 radical (unpaired) electrons. The van der Waals surface area contributed by atoms with Gasteiger partial charge < -0.3 is 55.1 Å². The van der Waals surface area contributed by atoms with Gasteiger partial charge in [-0.05, 0) is 25.7 Å². The highest BCUT2D eigenvalue weighted by atomic mass is 16.8. The highest BCUT2D eigenvalue weighted by Gasteiger charge is 2.54. The van der Waals surface area contributed by atoms with Crippen molar-refractivity contribution in [1.29, 1.82) is 0 Å². The largest absolute Gasteiger partial charge is 0.427 e. The van der Waals surface area contributed by atoms with Crippen molar-refractivity contribution in [3.8, 4) is 0 Å². The first-order valence-electron chi connectivity index (χ1n) is 11.1. The van der Waals surface area contributed by atoms with Crippen molar-refractivity contribution >= 4 is 0 Å². The van der Waals surface area contributed by atoms with Crippen molar-refractivity contribution in [2.45, 2.75) is 112 Å². The molecule has 0 aromatic rings. The fourth-order valence-electron chi connectivity index (χ4n) is 5.62. The zero-order valence-corrected chi connectivity index (χ0v) is 17.2. The molecule has 14 unspecified atom stereocenters. The molecule has 9 N–H and O–H groups in total. The molecule has 0 spiro atoms. The normalized spacial score (nSPS) is 56.1. The van der Waals surface area contributed by atoms with Gasteiger partial charge in [-0.2, -0.15) is 0 Å². The third kappa shape index (κ3) is 4.78. The molecule has 2 aliphatic heterocycles. The van der Waals surface area contributed by atoms with Crippen molar-refractivity contribution < 1.29 is 55.1 Å². The first kappa shape index (κ1) is 23.7. The number of hydrogen-bond acceptors (Lipinski definition) is 10. The zero-order valence-electron chi connectivity index (χ0n) is 17.2. The van der Waals surface area contributed by atoms with Crippen LogP contribution >= 0.6 is 0 Å². The Bertz CT molecular complexity index is 608. The monoisotopic (exact) mass is 451 g/mol. The van der Waals surface area contributed by atoms with E-state index in [9.17, 15) is 40.9 Å². The van der Waals surface area contributed by atoms with Crippen LogP contribution in [0.3, 0.4) is 0 Å².